The van der Waals surface area contributed by atoms with Crippen LogP contribution in [-0.4, -0.2) is 38.5 Å². The van der Waals surface area contributed by atoms with Crippen molar-refractivity contribution in [3.05, 3.63) is 72.8 Å². The maximum Gasteiger partial charge on any atom is 0.573 e. The third kappa shape index (κ3) is 5.98. The van der Waals surface area contributed by atoms with Gasteiger partial charge in [0.1, 0.15) is 17.2 Å². The largest absolute Gasteiger partial charge is 0.573 e. The van der Waals surface area contributed by atoms with Gasteiger partial charge >= 0.3 is 6.36 Å². The van der Waals surface area contributed by atoms with Gasteiger partial charge in [0.25, 0.3) is 0 Å². The van der Waals surface area contributed by atoms with Crippen molar-refractivity contribution in [2.45, 2.75) is 48.1 Å². The second-order valence-electron chi connectivity index (χ2n) is 10.6. The molecule has 2 fully saturated rings. The molecule has 0 radical (unpaired) electrons. The number of halogens is 3. The lowest BCUT2D eigenvalue weighted by molar-refractivity contribution is -0.274. The number of hydrogen-bond donors (Lipinski definition) is 3. The second kappa shape index (κ2) is 10.9. The number of alkyl halides is 3. The average molecular weight is 590 g/mol. The first-order chi connectivity index (χ1) is 19.4. The molecule has 41 heavy (non-hydrogen) atoms. The molecule has 3 aromatic rings. The molecule has 1 heterocycles. The quantitative estimate of drug-likeness (QED) is 0.304. The fraction of sp³-hybridized carbons (Fsp3) is 0.345. The Hall–Kier alpha value is -3.77. The Morgan fingerprint density at radius 2 is 1.44 bits per heavy atom. The molecule has 1 saturated heterocycles. The molecular weight excluding hydrogens is 559 g/mol. The number of nitrogen functional groups attached to an aromatic ring is 1. The number of carbonyl (C=O) groups is 1. The number of amides is 1. The molecular formula is C29H30F3N3O5S. The minimum Gasteiger partial charge on any atom is -0.457 e. The standard InChI is InChI=1S/C29H30F3N3O5S/c30-29(31,32)40-22-7-5-20(6-8-22)39-21-9-11-23(12-10-21)41(37,38)28(14-13-27(19-28)15-17-34-18-16-27)26(36)35-25-4-2-1-3-24(25)33/h1-12,34H,13-19,33H2,(H,35,36). The summed E-state index contributed by atoms with van der Waals surface area (Å²) in [5, 5.41) is 6.10. The Balaban J connectivity index is 1.40. The van der Waals surface area contributed by atoms with Crippen LogP contribution in [0.3, 0.4) is 0 Å². The number of anilines is 2. The van der Waals surface area contributed by atoms with Gasteiger partial charge in [-0.15, -0.1) is 13.2 Å². The van der Waals surface area contributed by atoms with Crippen LogP contribution in [-0.2, 0) is 14.6 Å². The number of para-hydroxylation sites is 2. The zero-order valence-electron chi connectivity index (χ0n) is 22.0. The molecule has 0 aromatic heterocycles. The minimum absolute atomic E-state index is 0.0269. The highest BCUT2D eigenvalue weighted by atomic mass is 32.2. The van der Waals surface area contributed by atoms with Gasteiger partial charge in [0.05, 0.1) is 16.3 Å². The van der Waals surface area contributed by atoms with Crippen LogP contribution in [0, 0.1) is 5.41 Å². The molecule has 4 N–H and O–H groups in total. The summed E-state index contributed by atoms with van der Waals surface area (Å²) in [4.78, 5) is 13.9. The van der Waals surface area contributed by atoms with E-state index in [-0.39, 0.29) is 34.7 Å². The monoisotopic (exact) mass is 589 g/mol. The second-order valence-corrected chi connectivity index (χ2v) is 12.8. The third-order valence-electron chi connectivity index (χ3n) is 7.95. The molecule has 1 saturated carbocycles. The van der Waals surface area contributed by atoms with Crippen molar-refractivity contribution in [3.63, 3.8) is 0 Å². The number of sulfone groups is 1. The molecule has 8 nitrogen and oxygen atoms in total. The van der Waals surface area contributed by atoms with E-state index in [2.05, 4.69) is 15.4 Å². The van der Waals surface area contributed by atoms with Crippen molar-refractivity contribution in [3.8, 4) is 17.2 Å². The van der Waals surface area contributed by atoms with Crippen LogP contribution in [0.5, 0.6) is 17.2 Å². The summed E-state index contributed by atoms with van der Waals surface area (Å²) >= 11 is 0. The number of ether oxygens (including phenoxy) is 2. The maximum atomic E-state index is 14.3. The van der Waals surface area contributed by atoms with Gasteiger partial charge in [-0.3, -0.25) is 4.79 Å². The van der Waals surface area contributed by atoms with Crippen LogP contribution in [0.1, 0.15) is 32.1 Å². The molecule has 1 spiro atoms. The van der Waals surface area contributed by atoms with E-state index in [9.17, 15) is 26.4 Å². The Kier molecular flexibility index (Phi) is 7.64. The van der Waals surface area contributed by atoms with E-state index in [0.717, 1.165) is 38.1 Å². The van der Waals surface area contributed by atoms with Gasteiger partial charge in [-0.25, -0.2) is 8.42 Å². The van der Waals surface area contributed by atoms with E-state index >= 15 is 0 Å². The van der Waals surface area contributed by atoms with Crippen molar-refractivity contribution in [2.24, 2.45) is 5.41 Å². The topological polar surface area (TPSA) is 120 Å². The molecule has 12 heteroatoms. The third-order valence-corrected chi connectivity index (χ3v) is 10.4. The Labute approximate surface area is 235 Å². The zero-order chi connectivity index (χ0) is 29.3. The molecule has 1 unspecified atom stereocenters. The lowest BCUT2D eigenvalue weighted by Gasteiger charge is -2.36. The fourth-order valence-corrected chi connectivity index (χ4v) is 7.89. The van der Waals surface area contributed by atoms with Crippen molar-refractivity contribution in [2.75, 3.05) is 24.1 Å². The van der Waals surface area contributed by atoms with Gasteiger partial charge < -0.3 is 25.8 Å². The summed E-state index contributed by atoms with van der Waals surface area (Å²) in [5.74, 6) is -0.497. The van der Waals surface area contributed by atoms with Crippen molar-refractivity contribution in [1.29, 1.82) is 0 Å². The van der Waals surface area contributed by atoms with E-state index < -0.39 is 32.6 Å². The van der Waals surface area contributed by atoms with Crippen molar-refractivity contribution < 1.29 is 35.9 Å². The van der Waals surface area contributed by atoms with Crippen LogP contribution in [0.2, 0.25) is 0 Å². The normalized spacial score (nSPS) is 20.5. The van der Waals surface area contributed by atoms with Crippen LogP contribution in [0.4, 0.5) is 24.5 Å². The molecule has 1 amide bonds. The highest BCUT2D eigenvalue weighted by Gasteiger charge is 2.60. The number of nitrogens with two attached hydrogens (primary N) is 1. The predicted molar refractivity (Wildman–Crippen MR) is 147 cm³/mol. The Morgan fingerprint density at radius 3 is 2.05 bits per heavy atom. The highest BCUT2D eigenvalue weighted by molar-refractivity contribution is 7.93. The molecule has 5 rings (SSSR count). The molecule has 218 valence electrons. The summed E-state index contributed by atoms with van der Waals surface area (Å²) < 4.78 is 73.6. The van der Waals surface area contributed by atoms with Gasteiger partial charge in [0, 0.05) is 0 Å². The fourth-order valence-electron chi connectivity index (χ4n) is 5.78. The van der Waals surface area contributed by atoms with Gasteiger partial charge in [0.2, 0.25) is 5.91 Å². The van der Waals surface area contributed by atoms with E-state index in [1.54, 1.807) is 24.3 Å². The summed E-state index contributed by atoms with van der Waals surface area (Å²) in [6, 6.07) is 17.2. The van der Waals surface area contributed by atoms with Crippen molar-refractivity contribution in [1.82, 2.24) is 5.32 Å². The van der Waals surface area contributed by atoms with Gasteiger partial charge in [-0.1, -0.05) is 12.1 Å². The first kappa shape index (κ1) is 28.7. The summed E-state index contributed by atoms with van der Waals surface area (Å²) in [5.41, 5.74) is 6.47. The SMILES string of the molecule is Nc1ccccc1NC(=O)C1(S(=O)(=O)c2ccc(Oc3ccc(OC(F)(F)F)cc3)cc2)CCC2(CCNCC2)C1. The van der Waals surface area contributed by atoms with Crippen molar-refractivity contribution >= 4 is 27.1 Å². The molecule has 3 aromatic carbocycles. The minimum atomic E-state index is -4.81. The van der Waals surface area contributed by atoms with Crippen LogP contribution >= 0.6 is 0 Å². The molecule has 1 aliphatic carbocycles. The Bertz CT molecular complexity index is 1510. The summed E-state index contributed by atoms with van der Waals surface area (Å²) in [6.45, 7) is 1.53. The van der Waals surface area contributed by atoms with Crippen LogP contribution in [0.15, 0.2) is 77.7 Å². The number of hydrogen-bond acceptors (Lipinski definition) is 7. The van der Waals surface area contributed by atoms with E-state index in [1.807, 2.05) is 0 Å². The summed E-state index contributed by atoms with van der Waals surface area (Å²) in [7, 11) is -4.17. The maximum absolute atomic E-state index is 14.3. The first-order valence-corrected chi connectivity index (χ1v) is 14.6. The van der Waals surface area contributed by atoms with E-state index in [4.69, 9.17) is 10.5 Å². The average Bonchev–Trinajstić information content (AvgIpc) is 3.31. The lowest BCUT2D eigenvalue weighted by atomic mass is 9.77. The van der Waals surface area contributed by atoms with E-state index in [1.165, 1.54) is 36.4 Å². The smallest absolute Gasteiger partial charge is 0.457 e. The van der Waals surface area contributed by atoms with Crippen LogP contribution in [0.25, 0.3) is 0 Å². The zero-order valence-corrected chi connectivity index (χ0v) is 22.9. The molecule has 0 bridgehead atoms. The van der Waals surface area contributed by atoms with Gasteiger partial charge in [-0.05, 0) is 111 Å². The van der Waals surface area contributed by atoms with Gasteiger partial charge in [-0.2, -0.15) is 0 Å². The number of benzene rings is 3. The first-order valence-electron chi connectivity index (χ1n) is 13.2. The predicted octanol–water partition coefficient (Wildman–Crippen LogP) is 5.66. The number of piperidine rings is 1. The molecule has 1 aliphatic heterocycles. The number of rotatable bonds is 7. The van der Waals surface area contributed by atoms with E-state index in [0.29, 0.717) is 17.8 Å². The van der Waals surface area contributed by atoms with Crippen LogP contribution < -0.4 is 25.8 Å². The molecule has 1 atom stereocenters. The Morgan fingerprint density at radius 1 is 0.854 bits per heavy atom. The lowest BCUT2D eigenvalue weighted by Crippen LogP contribution is -2.49. The van der Waals surface area contributed by atoms with Gasteiger partial charge in [0.15, 0.2) is 14.6 Å². The number of nitrogens with one attached hydrogen (secondary N) is 2. The highest BCUT2D eigenvalue weighted by Crippen LogP contribution is 2.54. The number of carbonyl (C=O) groups excluding carboxylic acids is 1. The molecule has 2 aliphatic rings. The summed E-state index contributed by atoms with van der Waals surface area (Å²) in [6.07, 6.45) is -2.25.